The largest absolute Gasteiger partial charge is 0.368 e. The van der Waals surface area contributed by atoms with E-state index < -0.39 is 0 Å². The SMILES string of the molecule is C=CCNc1cc(-c2ccc(Cl)cc2)nc(N)n1. The van der Waals surface area contributed by atoms with Gasteiger partial charge in [0.25, 0.3) is 0 Å². The number of nitrogens with one attached hydrogen (secondary N) is 1. The standard InChI is InChI=1S/C13H13ClN4/c1-2-7-16-12-8-11(17-13(15)18-12)9-3-5-10(14)6-4-9/h2-6,8H,1,7H2,(H3,15,16,17,18). The Labute approximate surface area is 111 Å². The van der Waals surface area contributed by atoms with Gasteiger partial charge in [-0.2, -0.15) is 4.98 Å². The normalized spacial score (nSPS) is 10.1. The molecule has 0 radical (unpaired) electrons. The van der Waals surface area contributed by atoms with Crippen LogP contribution in [0, 0.1) is 0 Å². The zero-order chi connectivity index (χ0) is 13.0. The fourth-order valence-corrected chi connectivity index (χ4v) is 1.63. The summed E-state index contributed by atoms with van der Waals surface area (Å²) in [5.41, 5.74) is 7.38. The van der Waals surface area contributed by atoms with Gasteiger partial charge in [0.05, 0.1) is 5.69 Å². The van der Waals surface area contributed by atoms with Crippen molar-refractivity contribution >= 4 is 23.4 Å². The minimum Gasteiger partial charge on any atom is -0.368 e. The zero-order valence-electron chi connectivity index (χ0n) is 9.73. The van der Waals surface area contributed by atoms with E-state index in [4.69, 9.17) is 17.3 Å². The number of nitrogens with zero attached hydrogens (tertiary/aromatic N) is 2. The molecule has 5 heteroatoms. The molecule has 0 unspecified atom stereocenters. The molecule has 1 heterocycles. The number of anilines is 2. The van der Waals surface area contributed by atoms with Crippen molar-refractivity contribution in [2.24, 2.45) is 0 Å². The van der Waals surface area contributed by atoms with Gasteiger partial charge in [-0.3, -0.25) is 0 Å². The van der Waals surface area contributed by atoms with Gasteiger partial charge in [-0.05, 0) is 12.1 Å². The Kier molecular flexibility index (Phi) is 3.79. The van der Waals surface area contributed by atoms with Crippen molar-refractivity contribution < 1.29 is 0 Å². The molecule has 0 aliphatic heterocycles. The van der Waals surface area contributed by atoms with Crippen LogP contribution in [0.4, 0.5) is 11.8 Å². The second kappa shape index (κ2) is 5.51. The fourth-order valence-electron chi connectivity index (χ4n) is 1.50. The summed E-state index contributed by atoms with van der Waals surface area (Å²) in [5.74, 6) is 0.904. The van der Waals surface area contributed by atoms with Crippen LogP contribution in [-0.4, -0.2) is 16.5 Å². The van der Waals surface area contributed by atoms with Crippen molar-refractivity contribution in [3.63, 3.8) is 0 Å². The molecular weight excluding hydrogens is 248 g/mol. The third-order valence-electron chi connectivity index (χ3n) is 2.31. The van der Waals surface area contributed by atoms with Gasteiger partial charge in [-0.25, -0.2) is 4.98 Å². The monoisotopic (exact) mass is 260 g/mol. The fraction of sp³-hybridized carbons (Fsp3) is 0.0769. The molecule has 2 rings (SSSR count). The molecule has 1 aromatic heterocycles. The minimum atomic E-state index is 0.231. The highest BCUT2D eigenvalue weighted by Crippen LogP contribution is 2.22. The van der Waals surface area contributed by atoms with Gasteiger partial charge in [-0.1, -0.05) is 29.8 Å². The van der Waals surface area contributed by atoms with E-state index in [0.717, 1.165) is 11.3 Å². The first-order valence-corrected chi connectivity index (χ1v) is 5.82. The summed E-state index contributed by atoms with van der Waals surface area (Å²) in [6, 6.07) is 9.24. The van der Waals surface area contributed by atoms with Gasteiger partial charge in [0, 0.05) is 23.2 Å². The average Bonchev–Trinajstić information content (AvgIpc) is 2.36. The number of hydrogen-bond donors (Lipinski definition) is 2. The molecule has 0 saturated carbocycles. The summed E-state index contributed by atoms with van der Waals surface area (Å²) in [7, 11) is 0. The van der Waals surface area contributed by atoms with Crippen molar-refractivity contribution in [1.29, 1.82) is 0 Å². The van der Waals surface area contributed by atoms with E-state index in [1.54, 1.807) is 6.08 Å². The van der Waals surface area contributed by atoms with Crippen LogP contribution in [0.3, 0.4) is 0 Å². The smallest absolute Gasteiger partial charge is 0.222 e. The summed E-state index contributed by atoms with van der Waals surface area (Å²) in [6.45, 7) is 4.26. The molecule has 0 bridgehead atoms. The van der Waals surface area contributed by atoms with Crippen molar-refractivity contribution in [3.8, 4) is 11.3 Å². The maximum atomic E-state index is 5.85. The predicted octanol–water partition coefficient (Wildman–Crippen LogP) is 2.98. The van der Waals surface area contributed by atoms with Gasteiger partial charge in [-0.15, -0.1) is 6.58 Å². The van der Waals surface area contributed by atoms with Crippen LogP contribution in [0.5, 0.6) is 0 Å². The molecule has 0 spiro atoms. The summed E-state index contributed by atoms with van der Waals surface area (Å²) in [6.07, 6.45) is 1.75. The number of nitrogen functional groups attached to an aromatic ring is 1. The molecule has 4 nitrogen and oxygen atoms in total. The van der Waals surface area contributed by atoms with Gasteiger partial charge < -0.3 is 11.1 Å². The third kappa shape index (κ3) is 2.99. The molecule has 18 heavy (non-hydrogen) atoms. The van der Waals surface area contributed by atoms with Crippen LogP contribution < -0.4 is 11.1 Å². The van der Waals surface area contributed by atoms with Gasteiger partial charge in [0.15, 0.2) is 0 Å². The maximum Gasteiger partial charge on any atom is 0.222 e. The first kappa shape index (κ1) is 12.4. The number of hydrogen-bond acceptors (Lipinski definition) is 4. The Bertz CT molecular complexity index is 551. The lowest BCUT2D eigenvalue weighted by molar-refractivity contribution is 1.16. The highest BCUT2D eigenvalue weighted by Gasteiger charge is 2.04. The first-order valence-electron chi connectivity index (χ1n) is 5.44. The van der Waals surface area contributed by atoms with Gasteiger partial charge in [0.2, 0.25) is 5.95 Å². The van der Waals surface area contributed by atoms with E-state index in [2.05, 4.69) is 21.9 Å². The first-order chi connectivity index (χ1) is 8.69. The summed E-state index contributed by atoms with van der Waals surface area (Å²) >= 11 is 5.85. The van der Waals surface area contributed by atoms with Gasteiger partial charge >= 0.3 is 0 Å². The van der Waals surface area contributed by atoms with E-state index in [0.29, 0.717) is 17.4 Å². The molecule has 0 aliphatic rings. The molecular formula is C13H13ClN4. The lowest BCUT2D eigenvalue weighted by Gasteiger charge is -2.07. The molecule has 2 aromatic rings. The molecule has 0 aliphatic carbocycles. The van der Waals surface area contributed by atoms with Gasteiger partial charge in [0.1, 0.15) is 5.82 Å². The van der Waals surface area contributed by atoms with Crippen molar-refractivity contribution in [2.45, 2.75) is 0 Å². The Morgan fingerprint density at radius 2 is 2.00 bits per heavy atom. The minimum absolute atomic E-state index is 0.231. The summed E-state index contributed by atoms with van der Waals surface area (Å²) < 4.78 is 0. The summed E-state index contributed by atoms with van der Waals surface area (Å²) in [5, 5.41) is 3.77. The van der Waals surface area contributed by atoms with E-state index >= 15 is 0 Å². The highest BCUT2D eigenvalue weighted by molar-refractivity contribution is 6.30. The molecule has 3 N–H and O–H groups in total. The number of aromatic nitrogens is 2. The zero-order valence-corrected chi connectivity index (χ0v) is 10.5. The van der Waals surface area contributed by atoms with E-state index in [9.17, 15) is 0 Å². The number of rotatable bonds is 4. The van der Waals surface area contributed by atoms with Crippen LogP contribution >= 0.6 is 11.6 Å². The highest BCUT2D eigenvalue weighted by atomic mass is 35.5. The molecule has 0 saturated heterocycles. The van der Waals surface area contributed by atoms with Crippen LogP contribution in [0.25, 0.3) is 11.3 Å². The number of halogens is 1. The molecule has 0 amide bonds. The van der Waals surface area contributed by atoms with Crippen LogP contribution in [-0.2, 0) is 0 Å². The van der Waals surface area contributed by atoms with Crippen LogP contribution in [0.2, 0.25) is 5.02 Å². The van der Waals surface area contributed by atoms with E-state index in [1.165, 1.54) is 0 Å². The van der Waals surface area contributed by atoms with Crippen molar-refractivity contribution in [3.05, 3.63) is 48.0 Å². The number of benzene rings is 1. The lowest BCUT2D eigenvalue weighted by atomic mass is 10.1. The third-order valence-corrected chi connectivity index (χ3v) is 2.56. The quantitative estimate of drug-likeness (QED) is 0.830. The van der Waals surface area contributed by atoms with Crippen molar-refractivity contribution in [1.82, 2.24) is 9.97 Å². The van der Waals surface area contributed by atoms with Crippen molar-refractivity contribution in [2.75, 3.05) is 17.6 Å². The van der Waals surface area contributed by atoms with Crippen LogP contribution in [0.15, 0.2) is 43.0 Å². The maximum absolute atomic E-state index is 5.85. The predicted molar refractivity (Wildman–Crippen MR) is 75.6 cm³/mol. The topological polar surface area (TPSA) is 63.8 Å². The van der Waals surface area contributed by atoms with E-state index in [-0.39, 0.29) is 5.95 Å². The number of nitrogens with two attached hydrogens (primary N) is 1. The molecule has 0 fully saturated rings. The average molecular weight is 261 g/mol. The lowest BCUT2D eigenvalue weighted by Crippen LogP contribution is -2.04. The molecule has 92 valence electrons. The van der Waals surface area contributed by atoms with E-state index in [1.807, 2.05) is 30.3 Å². The Morgan fingerprint density at radius 3 is 2.67 bits per heavy atom. The summed E-state index contributed by atoms with van der Waals surface area (Å²) in [4.78, 5) is 8.30. The second-order valence-corrected chi connectivity index (χ2v) is 4.11. The Balaban J connectivity index is 2.35. The Hall–Kier alpha value is -2.07. The molecule has 1 aromatic carbocycles. The second-order valence-electron chi connectivity index (χ2n) is 3.67. The molecule has 0 atom stereocenters. The Morgan fingerprint density at radius 1 is 1.28 bits per heavy atom. The van der Waals surface area contributed by atoms with Crippen LogP contribution in [0.1, 0.15) is 0 Å².